The van der Waals surface area contributed by atoms with Crippen LogP contribution >= 0.6 is 0 Å². The fourth-order valence-electron chi connectivity index (χ4n) is 8.70. The van der Waals surface area contributed by atoms with Gasteiger partial charge in [0.2, 0.25) is 0 Å². The van der Waals surface area contributed by atoms with Crippen LogP contribution < -0.4 is 5.73 Å². The molecule has 3 rings (SSSR count). The lowest BCUT2D eigenvalue weighted by molar-refractivity contribution is -0.294. The summed E-state index contributed by atoms with van der Waals surface area (Å²) in [4.78, 5) is 14.0. The van der Waals surface area contributed by atoms with E-state index in [2.05, 4.69) is 69.2 Å². The second-order valence-electron chi connectivity index (χ2n) is 17.4. The molecule has 9 heteroatoms. The second kappa shape index (κ2) is 16.0. The molecule has 276 valence electrons. The number of ether oxygens (including phenoxy) is 5. The van der Waals surface area contributed by atoms with Gasteiger partial charge in [0, 0.05) is 24.2 Å². The average molecular weight is 670 g/mol. The van der Waals surface area contributed by atoms with Gasteiger partial charge in [0.15, 0.2) is 12.6 Å². The molecule has 2 unspecified atom stereocenters. The van der Waals surface area contributed by atoms with Crippen LogP contribution in [0.5, 0.6) is 0 Å². The first kappa shape index (κ1) is 40.6. The predicted octanol–water partition coefficient (Wildman–Crippen LogP) is 6.31. The molecule has 3 aliphatic rings. The first-order valence-electron chi connectivity index (χ1n) is 18.6. The van der Waals surface area contributed by atoms with E-state index in [0.29, 0.717) is 31.1 Å². The summed E-state index contributed by atoms with van der Waals surface area (Å²) in [6.07, 6.45) is -1.88. The smallest absolute Gasteiger partial charge is 0.311 e. The highest BCUT2D eigenvalue weighted by Gasteiger charge is 2.49. The third kappa shape index (κ3) is 9.30. The van der Waals surface area contributed by atoms with Crippen LogP contribution in [0.1, 0.15) is 123 Å². The summed E-state index contributed by atoms with van der Waals surface area (Å²) in [6.45, 7) is 29.3. The molecule has 0 bridgehead atoms. The van der Waals surface area contributed by atoms with Crippen molar-refractivity contribution < 1.29 is 38.7 Å². The van der Waals surface area contributed by atoms with Crippen molar-refractivity contribution in [3.8, 4) is 0 Å². The van der Waals surface area contributed by atoms with Crippen LogP contribution in [-0.2, 0) is 28.5 Å². The number of aliphatic hydroxyl groups excluding tert-OH is 2. The fourth-order valence-corrected chi connectivity index (χ4v) is 8.70. The lowest BCUT2D eigenvalue weighted by Gasteiger charge is -2.49. The van der Waals surface area contributed by atoms with E-state index in [1.54, 1.807) is 0 Å². The standard InChI is InChI=1S/C38H71NO8/c1-15-28-30(39)32(41)23(6)31(40)20(3)17-38(13,14)34(47-36-22(5)19(2)16-21(4)43-36)24(7)33(25(8)35(42)45-28)46-29-18-37(11,12)26(9)27(10)44-29/h19-34,36,40-41H,15-18,39H2,1-14H3/t19-,20+,21+,22+,23-,24-,25+,26-,27-,28+,29?,30-,31-,32+,33-,34+,36?/m0/s1. The molecule has 3 heterocycles. The summed E-state index contributed by atoms with van der Waals surface area (Å²) in [7, 11) is 0. The summed E-state index contributed by atoms with van der Waals surface area (Å²) in [5, 5.41) is 22.9. The Bertz CT molecular complexity index is 1010. The maximum atomic E-state index is 14.0. The number of rotatable bonds is 5. The maximum Gasteiger partial charge on any atom is 0.311 e. The van der Waals surface area contributed by atoms with E-state index < -0.39 is 72.4 Å². The van der Waals surface area contributed by atoms with Gasteiger partial charge in [-0.1, -0.05) is 76.2 Å². The number of cyclic esters (lactones) is 1. The molecule has 4 N–H and O–H groups in total. The molecule has 3 fully saturated rings. The van der Waals surface area contributed by atoms with E-state index in [1.165, 1.54) is 0 Å². The van der Waals surface area contributed by atoms with Crippen molar-refractivity contribution in [3.05, 3.63) is 0 Å². The number of esters is 1. The molecular weight excluding hydrogens is 598 g/mol. The van der Waals surface area contributed by atoms with E-state index in [-0.39, 0.29) is 35.4 Å². The largest absolute Gasteiger partial charge is 0.460 e. The zero-order valence-corrected chi connectivity index (χ0v) is 32.1. The van der Waals surface area contributed by atoms with Crippen molar-refractivity contribution in [2.24, 2.45) is 58.0 Å². The van der Waals surface area contributed by atoms with Gasteiger partial charge in [-0.25, -0.2) is 0 Å². The highest BCUT2D eigenvalue weighted by molar-refractivity contribution is 5.73. The maximum absolute atomic E-state index is 14.0. The van der Waals surface area contributed by atoms with Crippen molar-refractivity contribution in [1.82, 2.24) is 0 Å². The summed E-state index contributed by atoms with van der Waals surface area (Å²) in [5.41, 5.74) is 6.03. The van der Waals surface area contributed by atoms with E-state index >= 15 is 0 Å². The van der Waals surface area contributed by atoms with Crippen LogP contribution in [0.2, 0.25) is 0 Å². The third-order valence-corrected chi connectivity index (χ3v) is 12.6. The number of carbonyl (C=O) groups is 1. The molecule has 3 saturated heterocycles. The molecule has 0 aromatic rings. The van der Waals surface area contributed by atoms with Crippen LogP contribution in [-0.4, -0.2) is 77.5 Å². The summed E-state index contributed by atoms with van der Waals surface area (Å²) < 4.78 is 33.0. The molecule has 0 aliphatic carbocycles. The molecule has 0 spiro atoms. The van der Waals surface area contributed by atoms with Gasteiger partial charge >= 0.3 is 5.97 Å². The van der Waals surface area contributed by atoms with Gasteiger partial charge in [-0.3, -0.25) is 4.79 Å². The molecule has 9 nitrogen and oxygen atoms in total. The number of nitrogens with two attached hydrogens (primary N) is 1. The Morgan fingerprint density at radius 2 is 1.43 bits per heavy atom. The Labute approximate surface area is 286 Å². The molecule has 0 saturated carbocycles. The Morgan fingerprint density at radius 1 is 0.809 bits per heavy atom. The first-order chi connectivity index (χ1) is 21.6. The normalized spacial score (nSPS) is 48.7. The van der Waals surface area contributed by atoms with Gasteiger partial charge in [-0.2, -0.15) is 0 Å². The summed E-state index contributed by atoms with van der Waals surface area (Å²) in [5.74, 6) is -1.21. The minimum absolute atomic E-state index is 0.0175. The SMILES string of the molecule is CC[C@H]1OC(=O)[C@H](C)[C@@H](OC2CC(C)(C)[C@@H](C)[C@H](C)O2)[C@H](C)[C@@H](OC2O[C@H](C)C[C@H](C)[C@H]2C)C(C)(C)C[C@@H](C)[C@H](O)[C@H](C)[C@@H](O)[C@H]1N. The van der Waals surface area contributed by atoms with E-state index in [4.69, 9.17) is 29.4 Å². The van der Waals surface area contributed by atoms with E-state index in [0.717, 1.165) is 6.42 Å². The molecule has 0 amide bonds. The van der Waals surface area contributed by atoms with Crippen LogP contribution in [0.4, 0.5) is 0 Å². The van der Waals surface area contributed by atoms with Crippen LogP contribution in [0, 0.1) is 52.3 Å². The molecule has 0 radical (unpaired) electrons. The molecule has 3 aliphatic heterocycles. The van der Waals surface area contributed by atoms with E-state index in [9.17, 15) is 15.0 Å². The van der Waals surface area contributed by atoms with Crippen molar-refractivity contribution >= 4 is 5.97 Å². The average Bonchev–Trinajstić information content (AvgIpc) is 2.98. The van der Waals surface area contributed by atoms with E-state index in [1.807, 2.05) is 27.7 Å². The lowest BCUT2D eigenvalue weighted by Crippen LogP contribution is -2.56. The van der Waals surface area contributed by atoms with Crippen molar-refractivity contribution in [1.29, 1.82) is 0 Å². The lowest BCUT2D eigenvalue weighted by atomic mass is 9.69. The van der Waals surface area contributed by atoms with Crippen molar-refractivity contribution in [3.63, 3.8) is 0 Å². The van der Waals surface area contributed by atoms with Crippen LogP contribution in [0.25, 0.3) is 0 Å². The Hall–Kier alpha value is -0.810. The highest BCUT2D eigenvalue weighted by atomic mass is 16.7. The van der Waals surface area contributed by atoms with Gasteiger partial charge in [-0.15, -0.1) is 0 Å². The first-order valence-corrected chi connectivity index (χ1v) is 18.6. The second-order valence-corrected chi connectivity index (χ2v) is 17.4. The van der Waals surface area contributed by atoms with Gasteiger partial charge in [0.05, 0.1) is 48.6 Å². The zero-order chi connectivity index (χ0) is 35.8. The Morgan fingerprint density at radius 3 is 2.00 bits per heavy atom. The van der Waals surface area contributed by atoms with Crippen LogP contribution in [0.3, 0.4) is 0 Å². The molecule has 47 heavy (non-hydrogen) atoms. The third-order valence-electron chi connectivity index (χ3n) is 12.6. The minimum atomic E-state index is -1.06. The zero-order valence-electron chi connectivity index (χ0n) is 32.1. The minimum Gasteiger partial charge on any atom is -0.460 e. The molecule has 17 atom stereocenters. The Balaban J connectivity index is 2.12. The molecule has 0 aromatic carbocycles. The van der Waals surface area contributed by atoms with Gasteiger partial charge in [0.1, 0.15) is 6.10 Å². The number of hydrogen-bond donors (Lipinski definition) is 3. The quantitative estimate of drug-likeness (QED) is 0.289. The summed E-state index contributed by atoms with van der Waals surface area (Å²) in [6, 6.07) is -0.851. The monoisotopic (exact) mass is 670 g/mol. The predicted molar refractivity (Wildman–Crippen MR) is 184 cm³/mol. The molecule has 0 aromatic heterocycles. The van der Waals surface area contributed by atoms with Gasteiger partial charge < -0.3 is 39.6 Å². The number of carbonyl (C=O) groups excluding carboxylic acids is 1. The molecular formula is C38H71NO8. The van der Waals surface area contributed by atoms with Crippen LogP contribution in [0.15, 0.2) is 0 Å². The highest BCUT2D eigenvalue weighted by Crippen LogP contribution is 2.46. The Kier molecular flexibility index (Phi) is 13.9. The number of aliphatic hydroxyl groups is 2. The van der Waals surface area contributed by atoms with Crippen molar-refractivity contribution in [2.75, 3.05) is 0 Å². The van der Waals surface area contributed by atoms with Gasteiger partial charge in [-0.05, 0) is 68.6 Å². The summed E-state index contributed by atoms with van der Waals surface area (Å²) >= 11 is 0. The number of hydrogen-bond acceptors (Lipinski definition) is 9. The topological polar surface area (TPSA) is 130 Å². The van der Waals surface area contributed by atoms with Crippen molar-refractivity contribution in [2.45, 2.75) is 184 Å². The van der Waals surface area contributed by atoms with Gasteiger partial charge in [0.25, 0.3) is 0 Å². The fraction of sp³-hybridized carbons (Fsp3) is 0.974.